The first-order valence-electron chi connectivity index (χ1n) is 11.1. The molecule has 4 fully saturated rings. The van der Waals surface area contributed by atoms with Crippen molar-refractivity contribution in [1.29, 1.82) is 0 Å². The topological polar surface area (TPSA) is 101 Å². The van der Waals surface area contributed by atoms with Crippen LogP contribution in [0.2, 0.25) is 0 Å². The fourth-order valence-corrected chi connectivity index (χ4v) is 7.80. The minimum atomic E-state index is -1.62. The van der Waals surface area contributed by atoms with Crippen LogP contribution < -0.4 is 0 Å². The zero-order chi connectivity index (χ0) is 21.2. The van der Waals surface area contributed by atoms with Gasteiger partial charge in [0, 0.05) is 24.7 Å². The molecular weight excluding hydrogens is 372 g/mol. The third kappa shape index (κ3) is 2.93. The van der Waals surface area contributed by atoms with Crippen molar-refractivity contribution in [2.75, 3.05) is 6.61 Å². The first-order valence-corrected chi connectivity index (χ1v) is 11.1. The van der Waals surface area contributed by atoms with Crippen LogP contribution in [0, 0.1) is 34.5 Å². The average molecular weight is 407 g/mol. The molecule has 0 aromatic carbocycles. The van der Waals surface area contributed by atoms with Crippen LogP contribution in [0.1, 0.15) is 72.1 Å². The molecule has 6 heteroatoms. The lowest BCUT2D eigenvalue weighted by atomic mass is 9.44. The van der Waals surface area contributed by atoms with Crippen molar-refractivity contribution in [1.82, 2.24) is 0 Å². The van der Waals surface area contributed by atoms with Crippen molar-refractivity contribution in [3.8, 4) is 0 Å². The lowest BCUT2D eigenvalue weighted by Gasteiger charge is -2.60. The summed E-state index contributed by atoms with van der Waals surface area (Å²) in [4.78, 5) is 37.5. The predicted molar refractivity (Wildman–Crippen MR) is 105 cm³/mol. The van der Waals surface area contributed by atoms with Gasteiger partial charge in [0.2, 0.25) is 5.78 Å². The second-order valence-electron chi connectivity index (χ2n) is 10.6. The second-order valence-corrected chi connectivity index (χ2v) is 10.6. The van der Waals surface area contributed by atoms with Crippen LogP contribution in [0.5, 0.6) is 0 Å². The number of Topliss-reactive ketones (excluding diaryl/α,β-unsaturated/α-hetero) is 2. The van der Waals surface area contributed by atoms with Crippen LogP contribution in [0.3, 0.4) is 0 Å². The van der Waals surface area contributed by atoms with Crippen molar-refractivity contribution >= 4 is 17.5 Å². The monoisotopic (exact) mass is 406 g/mol. The van der Waals surface area contributed by atoms with Crippen molar-refractivity contribution < 1.29 is 29.3 Å². The van der Waals surface area contributed by atoms with E-state index in [1.165, 1.54) is 6.92 Å². The fraction of sp³-hybridized carbons (Fsp3) is 0.870. The molecule has 6 nitrogen and oxygen atoms in total. The van der Waals surface area contributed by atoms with Crippen LogP contribution in [0.15, 0.2) is 0 Å². The summed E-state index contributed by atoms with van der Waals surface area (Å²) in [6, 6.07) is 0. The van der Waals surface area contributed by atoms with E-state index in [4.69, 9.17) is 4.74 Å². The molecule has 4 aliphatic carbocycles. The van der Waals surface area contributed by atoms with Crippen molar-refractivity contribution in [3.05, 3.63) is 0 Å². The Hall–Kier alpha value is -1.27. The summed E-state index contributed by atoms with van der Waals surface area (Å²) in [5.74, 6) is -0.256. The summed E-state index contributed by atoms with van der Waals surface area (Å²) in [5.41, 5.74) is -2.52. The highest BCUT2D eigenvalue weighted by Gasteiger charge is 2.69. The molecule has 29 heavy (non-hydrogen) atoms. The van der Waals surface area contributed by atoms with Gasteiger partial charge in [-0.3, -0.25) is 14.4 Å². The van der Waals surface area contributed by atoms with Gasteiger partial charge < -0.3 is 14.9 Å². The van der Waals surface area contributed by atoms with E-state index in [1.54, 1.807) is 0 Å². The number of aliphatic hydroxyl groups is 2. The maximum absolute atomic E-state index is 13.5. The first kappa shape index (κ1) is 21.0. The number of aliphatic hydroxyl groups excluding tert-OH is 1. The van der Waals surface area contributed by atoms with Gasteiger partial charge in [-0.2, -0.15) is 0 Å². The predicted octanol–water partition coefficient (Wildman–Crippen LogP) is 2.43. The summed E-state index contributed by atoms with van der Waals surface area (Å²) < 4.78 is 4.88. The van der Waals surface area contributed by atoms with Crippen LogP contribution in [0.4, 0.5) is 0 Å². The van der Waals surface area contributed by atoms with E-state index in [0.717, 1.165) is 38.5 Å². The summed E-state index contributed by atoms with van der Waals surface area (Å²) >= 11 is 0. The Balaban J connectivity index is 1.63. The zero-order valence-corrected chi connectivity index (χ0v) is 17.8. The molecule has 0 amide bonds. The summed E-state index contributed by atoms with van der Waals surface area (Å²) in [6.45, 7) is 4.93. The lowest BCUT2D eigenvalue weighted by Crippen LogP contribution is -2.62. The first-order chi connectivity index (χ1) is 13.5. The highest BCUT2D eigenvalue weighted by atomic mass is 16.5. The molecule has 0 saturated heterocycles. The molecule has 4 saturated carbocycles. The standard InChI is InChI=1S/C23H34O6/c1-13(24)29-12-19(27)23(28)9-7-17-16-5-4-14-10-15(25)6-8-21(14,2)20(16)18(26)11-22(17,23)3/h14-17,20,25,28H,4-12H2,1-3H3/t14-,15+,16-,17+,20+,21-,22-,23+/m0/s1. The average Bonchev–Trinajstić information content (AvgIpc) is 2.91. The Morgan fingerprint density at radius 2 is 1.86 bits per heavy atom. The number of hydrogen-bond donors (Lipinski definition) is 2. The Bertz CT molecular complexity index is 733. The summed E-state index contributed by atoms with van der Waals surface area (Å²) in [6.07, 6.45) is 5.28. The molecule has 4 aliphatic rings. The molecule has 0 aromatic rings. The normalized spacial score (nSPS) is 49.0. The largest absolute Gasteiger partial charge is 0.458 e. The van der Waals surface area contributed by atoms with E-state index < -0.39 is 29.4 Å². The van der Waals surface area contributed by atoms with Crippen molar-refractivity contribution in [3.63, 3.8) is 0 Å². The number of ketones is 2. The summed E-state index contributed by atoms with van der Waals surface area (Å²) in [7, 11) is 0. The molecule has 0 bridgehead atoms. The van der Waals surface area contributed by atoms with Crippen LogP contribution in [-0.2, 0) is 19.1 Å². The Morgan fingerprint density at radius 3 is 2.55 bits per heavy atom. The highest BCUT2D eigenvalue weighted by molar-refractivity contribution is 5.93. The van der Waals surface area contributed by atoms with E-state index in [1.807, 2.05) is 6.92 Å². The van der Waals surface area contributed by atoms with Gasteiger partial charge in [0.05, 0.1) is 6.10 Å². The molecule has 4 rings (SSSR count). The number of rotatable bonds is 3. The van der Waals surface area contributed by atoms with Gasteiger partial charge in [0.15, 0.2) is 6.61 Å². The van der Waals surface area contributed by atoms with E-state index >= 15 is 0 Å². The van der Waals surface area contributed by atoms with Crippen LogP contribution in [0.25, 0.3) is 0 Å². The molecule has 0 aromatic heterocycles. The van der Waals surface area contributed by atoms with Gasteiger partial charge in [-0.25, -0.2) is 0 Å². The highest BCUT2D eigenvalue weighted by Crippen LogP contribution is 2.67. The molecular formula is C23H34O6. The number of esters is 1. The minimum absolute atomic E-state index is 0.0438. The molecule has 0 aliphatic heterocycles. The maximum Gasteiger partial charge on any atom is 0.303 e. The van der Waals surface area contributed by atoms with Gasteiger partial charge in [-0.05, 0) is 68.1 Å². The fourth-order valence-electron chi connectivity index (χ4n) is 7.80. The summed E-state index contributed by atoms with van der Waals surface area (Å²) in [5, 5.41) is 21.6. The van der Waals surface area contributed by atoms with Gasteiger partial charge >= 0.3 is 5.97 Å². The van der Waals surface area contributed by atoms with Gasteiger partial charge in [-0.15, -0.1) is 0 Å². The maximum atomic E-state index is 13.5. The third-order valence-corrected chi connectivity index (χ3v) is 9.35. The molecule has 0 unspecified atom stereocenters. The Morgan fingerprint density at radius 1 is 1.14 bits per heavy atom. The van der Waals surface area contributed by atoms with Crippen LogP contribution in [-0.4, -0.2) is 46.1 Å². The Labute approximate surface area is 172 Å². The van der Waals surface area contributed by atoms with Gasteiger partial charge in [-0.1, -0.05) is 13.8 Å². The van der Waals surface area contributed by atoms with E-state index in [9.17, 15) is 24.6 Å². The molecule has 162 valence electrons. The second kappa shape index (κ2) is 6.88. The van der Waals surface area contributed by atoms with Crippen molar-refractivity contribution in [2.45, 2.75) is 83.8 Å². The number of carbonyl (C=O) groups is 3. The van der Waals surface area contributed by atoms with Crippen LogP contribution >= 0.6 is 0 Å². The number of ether oxygens (including phenoxy) is 1. The quantitative estimate of drug-likeness (QED) is 0.698. The molecule has 0 heterocycles. The SMILES string of the molecule is CC(=O)OCC(=O)[C@]1(O)CC[C@@H]2[C@@H]3CC[C@H]4C[C@H](O)CC[C@]4(C)[C@H]3C(=O)C[C@@]21C. The van der Waals surface area contributed by atoms with Gasteiger partial charge in [0.1, 0.15) is 11.4 Å². The van der Waals surface area contributed by atoms with Crippen molar-refractivity contribution in [2.24, 2.45) is 34.5 Å². The smallest absolute Gasteiger partial charge is 0.303 e. The molecule has 0 radical (unpaired) electrons. The third-order valence-electron chi connectivity index (χ3n) is 9.35. The number of fused-ring (bicyclic) bond motifs is 5. The number of hydrogen-bond acceptors (Lipinski definition) is 6. The molecule has 8 atom stereocenters. The minimum Gasteiger partial charge on any atom is -0.458 e. The van der Waals surface area contributed by atoms with Gasteiger partial charge in [0.25, 0.3) is 0 Å². The zero-order valence-electron chi connectivity index (χ0n) is 17.8. The Kier molecular flexibility index (Phi) is 4.97. The van der Waals surface area contributed by atoms with E-state index in [2.05, 4.69) is 6.92 Å². The molecule has 2 N–H and O–H groups in total. The van der Waals surface area contributed by atoms with E-state index in [-0.39, 0.29) is 41.5 Å². The lowest BCUT2D eigenvalue weighted by molar-refractivity contribution is -0.181. The molecule has 0 spiro atoms. The number of carbonyl (C=O) groups excluding carboxylic acids is 3. The van der Waals surface area contributed by atoms with E-state index in [0.29, 0.717) is 12.3 Å².